The maximum Gasteiger partial charge on any atom is 0.306 e. The summed E-state index contributed by atoms with van der Waals surface area (Å²) in [5.41, 5.74) is 0.800. The van der Waals surface area contributed by atoms with Crippen molar-refractivity contribution in [2.24, 2.45) is 0 Å². The summed E-state index contributed by atoms with van der Waals surface area (Å²) in [4.78, 5) is 10.8. The zero-order chi connectivity index (χ0) is 14.8. The Morgan fingerprint density at radius 1 is 1.37 bits per heavy atom. The Morgan fingerprint density at radius 2 is 1.95 bits per heavy atom. The van der Waals surface area contributed by atoms with Crippen LogP contribution in [0.5, 0.6) is 5.75 Å². The highest BCUT2D eigenvalue weighted by Crippen LogP contribution is 2.31. The first kappa shape index (κ1) is 15.5. The molecule has 0 aliphatic rings. The lowest BCUT2D eigenvalue weighted by atomic mass is 9.81. The van der Waals surface area contributed by atoms with Crippen LogP contribution in [0.4, 0.5) is 0 Å². The molecule has 0 saturated heterocycles. The van der Waals surface area contributed by atoms with Crippen LogP contribution in [0, 0.1) is 6.92 Å². The van der Waals surface area contributed by atoms with Crippen molar-refractivity contribution in [2.45, 2.75) is 32.6 Å². The molecule has 0 heterocycles. The van der Waals surface area contributed by atoms with Crippen LogP contribution in [0.3, 0.4) is 0 Å². The van der Waals surface area contributed by atoms with E-state index in [0.717, 1.165) is 11.8 Å². The molecule has 0 aliphatic heterocycles. The average molecular weight is 286 g/mol. The third kappa shape index (κ3) is 4.55. The minimum Gasteiger partial charge on any atom is -0.481 e. The smallest absolute Gasteiger partial charge is 0.306 e. The predicted octanol–water partition coefficient (Wildman–Crippen LogP) is 2.09. The number of aliphatic carboxylic acids is 1. The maximum absolute atomic E-state index is 11.2. The van der Waals surface area contributed by atoms with E-state index in [-0.39, 0.29) is 12.2 Å². The Bertz CT molecular complexity index is 587. The van der Waals surface area contributed by atoms with Gasteiger partial charge in [0, 0.05) is 5.41 Å². The molecule has 1 aromatic rings. The minimum atomic E-state index is -3.60. The normalized spacial score (nSPS) is 12.2. The average Bonchev–Trinajstić information content (AvgIpc) is 2.17. The van der Waals surface area contributed by atoms with Gasteiger partial charge in [-0.15, -0.1) is 0 Å². The van der Waals surface area contributed by atoms with E-state index in [9.17, 15) is 13.2 Å². The van der Waals surface area contributed by atoms with Crippen molar-refractivity contribution in [3.8, 4) is 5.75 Å². The quantitative estimate of drug-likeness (QED) is 0.838. The van der Waals surface area contributed by atoms with E-state index < -0.39 is 21.5 Å². The van der Waals surface area contributed by atoms with Gasteiger partial charge in [0.15, 0.2) is 0 Å². The molecule has 0 spiro atoms. The number of carboxylic acid groups (broad SMARTS) is 1. The fraction of sp³-hybridized carbons (Fsp3) is 0.462. The lowest BCUT2D eigenvalue weighted by Gasteiger charge is -2.24. The number of carbonyl (C=O) groups is 1. The van der Waals surface area contributed by atoms with Crippen LogP contribution in [-0.2, 0) is 20.3 Å². The van der Waals surface area contributed by atoms with Gasteiger partial charge in [0.2, 0.25) is 0 Å². The van der Waals surface area contributed by atoms with Gasteiger partial charge < -0.3 is 9.29 Å². The number of aryl methyl sites for hydroxylation is 1. The maximum atomic E-state index is 11.2. The number of rotatable bonds is 5. The van der Waals surface area contributed by atoms with Gasteiger partial charge in [0.25, 0.3) is 0 Å². The van der Waals surface area contributed by atoms with Crippen LogP contribution in [0.25, 0.3) is 0 Å². The molecule has 0 unspecified atom stereocenters. The van der Waals surface area contributed by atoms with Crippen LogP contribution in [-0.4, -0.2) is 25.7 Å². The summed E-state index contributed by atoms with van der Waals surface area (Å²) < 4.78 is 27.2. The highest BCUT2D eigenvalue weighted by molar-refractivity contribution is 7.86. The van der Waals surface area contributed by atoms with Gasteiger partial charge >= 0.3 is 16.1 Å². The largest absolute Gasteiger partial charge is 0.481 e. The van der Waals surface area contributed by atoms with Gasteiger partial charge in [-0.05, 0) is 24.1 Å². The first-order valence-corrected chi connectivity index (χ1v) is 7.55. The second-order valence-electron chi connectivity index (χ2n) is 5.22. The molecule has 0 aromatic heterocycles. The molecule has 0 aliphatic carbocycles. The Hall–Kier alpha value is -1.56. The topological polar surface area (TPSA) is 80.7 Å². The van der Waals surface area contributed by atoms with Gasteiger partial charge in [-0.3, -0.25) is 4.79 Å². The monoisotopic (exact) mass is 286 g/mol. The van der Waals surface area contributed by atoms with E-state index in [1.54, 1.807) is 39.0 Å². The number of hydrogen-bond acceptors (Lipinski definition) is 4. The molecular weight excluding hydrogens is 268 g/mol. The van der Waals surface area contributed by atoms with Gasteiger partial charge in [-0.2, -0.15) is 8.42 Å². The summed E-state index contributed by atoms with van der Waals surface area (Å²) in [6.07, 6.45) is 0.926. The molecule has 1 N–H and O–H groups in total. The Labute approximate surface area is 113 Å². The lowest BCUT2D eigenvalue weighted by Crippen LogP contribution is -2.22. The first-order valence-electron chi connectivity index (χ1n) is 5.74. The van der Waals surface area contributed by atoms with Crippen LogP contribution in [0.2, 0.25) is 0 Å². The molecule has 0 saturated carbocycles. The van der Waals surface area contributed by atoms with Crippen molar-refractivity contribution in [1.82, 2.24) is 0 Å². The second kappa shape index (κ2) is 5.21. The summed E-state index contributed by atoms with van der Waals surface area (Å²) >= 11 is 0. The molecule has 19 heavy (non-hydrogen) atoms. The van der Waals surface area contributed by atoms with Crippen LogP contribution < -0.4 is 4.18 Å². The van der Waals surface area contributed by atoms with Crippen molar-refractivity contribution in [1.29, 1.82) is 0 Å². The Kier molecular flexibility index (Phi) is 4.25. The van der Waals surface area contributed by atoms with Gasteiger partial charge in [0.1, 0.15) is 5.75 Å². The number of hydrogen-bond donors (Lipinski definition) is 1. The Balaban J connectivity index is 3.18. The highest BCUT2D eigenvalue weighted by atomic mass is 32.2. The second-order valence-corrected chi connectivity index (χ2v) is 6.80. The van der Waals surface area contributed by atoms with Crippen molar-refractivity contribution in [3.05, 3.63) is 29.3 Å². The summed E-state index contributed by atoms with van der Waals surface area (Å²) in [5, 5.41) is 8.89. The fourth-order valence-electron chi connectivity index (χ4n) is 1.75. The molecule has 5 nitrogen and oxygen atoms in total. The summed E-state index contributed by atoms with van der Waals surface area (Å²) in [6.45, 7) is 5.31. The van der Waals surface area contributed by atoms with Gasteiger partial charge in [0.05, 0.1) is 12.7 Å². The molecule has 106 valence electrons. The van der Waals surface area contributed by atoms with Crippen molar-refractivity contribution < 1.29 is 22.5 Å². The minimum absolute atomic E-state index is 0.0472. The molecule has 1 rings (SSSR count). The molecule has 0 bridgehead atoms. The number of carboxylic acids is 1. The van der Waals surface area contributed by atoms with Gasteiger partial charge in [-0.1, -0.05) is 26.0 Å². The van der Waals surface area contributed by atoms with E-state index in [2.05, 4.69) is 0 Å². The zero-order valence-corrected chi connectivity index (χ0v) is 12.2. The van der Waals surface area contributed by atoms with Crippen molar-refractivity contribution in [3.63, 3.8) is 0 Å². The molecule has 6 heteroatoms. The lowest BCUT2D eigenvalue weighted by molar-refractivity contribution is -0.138. The summed E-state index contributed by atoms with van der Waals surface area (Å²) in [7, 11) is -3.60. The highest BCUT2D eigenvalue weighted by Gasteiger charge is 2.25. The third-order valence-electron chi connectivity index (χ3n) is 2.80. The van der Waals surface area contributed by atoms with Crippen molar-refractivity contribution >= 4 is 16.1 Å². The van der Waals surface area contributed by atoms with Crippen LogP contribution in [0.1, 0.15) is 31.4 Å². The SMILES string of the molecule is Cc1ccc(C(C)(C)CC(=O)O)cc1OS(C)(=O)=O. The van der Waals surface area contributed by atoms with Crippen LogP contribution >= 0.6 is 0 Å². The zero-order valence-electron chi connectivity index (χ0n) is 11.4. The van der Waals surface area contributed by atoms with E-state index in [4.69, 9.17) is 9.29 Å². The third-order valence-corrected chi connectivity index (χ3v) is 3.29. The molecule has 0 fully saturated rings. The molecular formula is C13H18O5S. The fourth-order valence-corrected chi connectivity index (χ4v) is 2.26. The summed E-state index contributed by atoms with van der Waals surface area (Å²) in [5.74, 6) is -0.672. The van der Waals surface area contributed by atoms with E-state index in [0.29, 0.717) is 5.56 Å². The Morgan fingerprint density at radius 3 is 2.42 bits per heavy atom. The number of benzene rings is 1. The standard InChI is InChI=1S/C13H18O5S/c1-9-5-6-10(13(2,3)8-12(14)15)7-11(9)18-19(4,16)17/h5-7H,8H2,1-4H3,(H,14,15). The predicted molar refractivity (Wildman–Crippen MR) is 71.9 cm³/mol. The molecule has 0 radical (unpaired) electrons. The molecule has 1 aromatic carbocycles. The molecule has 0 amide bonds. The van der Waals surface area contributed by atoms with E-state index >= 15 is 0 Å². The summed E-state index contributed by atoms with van der Waals surface area (Å²) in [6, 6.07) is 5.09. The van der Waals surface area contributed by atoms with E-state index in [1.807, 2.05) is 0 Å². The van der Waals surface area contributed by atoms with Crippen LogP contribution in [0.15, 0.2) is 18.2 Å². The first-order chi connectivity index (χ1) is 8.51. The van der Waals surface area contributed by atoms with E-state index in [1.165, 1.54) is 0 Å². The van der Waals surface area contributed by atoms with Gasteiger partial charge in [-0.25, -0.2) is 0 Å². The van der Waals surface area contributed by atoms with Crippen molar-refractivity contribution in [2.75, 3.05) is 6.26 Å². The molecule has 0 atom stereocenters.